The first-order valence-corrected chi connectivity index (χ1v) is 6.69. The van der Waals surface area contributed by atoms with Gasteiger partial charge in [-0.1, -0.05) is 13.8 Å². The van der Waals surface area contributed by atoms with Gasteiger partial charge in [-0.15, -0.1) is 0 Å². The molecule has 2 heterocycles. The van der Waals surface area contributed by atoms with Crippen molar-refractivity contribution in [2.75, 3.05) is 30.5 Å². The lowest BCUT2D eigenvalue weighted by atomic mass is 10.2. The average Bonchev–Trinajstić information content (AvgIpc) is 2.87. The van der Waals surface area contributed by atoms with E-state index in [1.54, 1.807) is 7.11 Å². The number of ether oxygens (including phenoxy) is 1. The normalized spacial score (nSPS) is 19.3. The molecule has 0 aromatic carbocycles. The van der Waals surface area contributed by atoms with Gasteiger partial charge in [-0.05, 0) is 13.3 Å². The SMILES string of the molecule is COC1CCN(c2nc(C(C)C)nc(NN)c2C)C1. The van der Waals surface area contributed by atoms with Crippen molar-refractivity contribution in [2.24, 2.45) is 5.84 Å². The Kier molecular flexibility index (Phi) is 4.21. The molecule has 0 radical (unpaired) electrons. The van der Waals surface area contributed by atoms with E-state index in [4.69, 9.17) is 15.6 Å². The van der Waals surface area contributed by atoms with Crippen LogP contribution in [0.5, 0.6) is 0 Å². The van der Waals surface area contributed by atoms with Crippen molar-refractivity contribution in [1.29, 1.82) is 0 Å². The van der Waals surface area contributed by atoms with Crippen molar-refractivity contribution >= 4 is 11.6 Å². The molecular formula is C13H23N5O. The number of nitrogens with one attached hydrogen (secondary N) is 1. The number of methoxy groups -OCH3 is 1. The molecular weight excluding hydrogens is 242 g/mol. The molecule has 0 aliphatic carbocycles. The summed E-state index contributed by atoms with van der Waals surface area (Å²) in [6.45, 7) is 7.98. The highest BCUT2D eigenvalue weighted by molar-refractivity contribution is 5.58. The van der Waals surface area contributed by atoms with E-state index >= 15 is 0 Å². The predicted molar refractivity (Wildman–Crippen MR) is 76.3 cm³/mol. The molecule has 0 spiro atoms. The van der Waals surface area contributed by atoms with Crippen LogP contribution in [0.3, 0.4) is 0 Å². The Morgan fingerprint density at radius 1 is 1.42 bits per heavy atom. The summed E-state index contributed by atoms with van der Waals surface area (Å²) in [6.07, 6.45) is 1.31. The number of hydrogen-bond acceptors (Lipinski definition) is 6. The summed E-state index contributed by atoms with van der Waals surface area (Å²) in [5, 5.41) is 0. The summed E-state index contributed by atoms with van der Waals surface area (Å²) in [4.78, 5) is 11.4. The first-order valence-electron chi connectivity index (χ1n) is 6.69. The van der Waals surface area contributed by atoms with Gasteiger partial charge in [0.15, 0.2) is 0 Å². The van der Waals surface area contributed by atoms with Gasteiger partial charge in [-0.3, -0.25) is 0 Å². The van der Waals surface area contributed by atoms with Crippen LogP contribution in [0.4, 0.5) is 11.6 Å². The molecule has 1 atom stereocenters. The molecule has 1 aromatic rings. The lowest BCUT2D eigenvalue weighted by Crippen LogP contribution is -2.26. The van der Waals surface area contributed by atoms with E-state index in [2.05, 4.69) is 29.2 Å². The Balaban J connectivity index is 2.36. The van der Waals surface area contributed by atoms with E-state index in [9.17, 15) is 0 Å². The summed E-state index contributed by atoms with van der Waals surface area (Å²) >= 11 is 0. The Hall–Kier alpha value is -1.40. The topological polar surface area (TPSA) is 76.3 Å². The van der Waals surface area contributed by atoms with Gasteiger partial charge in [0.25, 0.3) is 0 Å². The molecule has 1 aromatic heterocycles. The van der Waals surface area contributed by atoms with Crippen molar-refractivity contribution in [3.63, 3.8) is 0 Å². The third kappa shape index (κ3) is 2.79. The highest BCUT2D eigenvalue weighted by Crippen LogP contribution is 2.28. The fourth-order valence-electron chi connectivity index (χ4n) is 2.34. The number of hydrazine groups is 1. The highest BCUT2D eigenvalue weighted by Gasteiger charge is 2.26. The molecule has 6 heteroatoms. The van der Waals surface area contributed by atoms with Gasteiger partial charge in [0.1, 0.15) is 17.5 Å². The molecule has 106 valence electrons. The molecule has 0 amide bonds. The zero-order valence-electron chi connectivity index (χ0n) is 12.1. The van der Waals surface area contributed by atoms with Gasteiger partial charge in [-0.25, -0.2) is 15.8 Å². The van der Waals surface area contributed by atoms with E-state index in [0.29, 0.717) is 5.82 Å². The van der Waals surface area contributed by atoms with Gasteiger partial charge in [0.05, 0.1) is 6.10 Å². The minimum absolute atomic E-state index is 0.271. The highest BCUT2D eigenvalue weighted by atomic mass is 16.5. The molecule has 3 N–H and O–H groups in total. The maximum absolute atomic E-state index is 5.56. The summed E-state index contributed by atoms with van der Waals surface area (Å²) in [5.74, 6) is 8.31. The predicted octanol–water partition coefficient (Wildman–Crippen LogP) is 1.42. The molecule has 6 nitrogen and oxygen atoms in total. The van der Waals surface area contributed by atoms with Crippen LogP contribution in [0, 0.1) is 6.92 Å². The summed E-state index contributed by atoms with van der Waals surface area (Å²) < 4.78 is 5.41. The zero-order valence-corrected chi connectivity index (χ0v) is 12.1. The van der Waals surface area contributed by atoms with E-state index < -0.39 is 0 Å². The van der Waals surface area contributed by atoms with E-state index in [1.807, 2.05) is 6.92 Å². The molecule has 1 saturated heterocycles. The number of nitrogens with two attached hydrogens (primary N) is 1. The largest absolute Gasteiger partial charge is 0.380 e. The van der Waals surface area contributed by atoms with Gasteiger partial charge in [0.2, 0.25) is 0 Å². The lowest BCUT2D eigenvalue weighted by molar-refractivity contribution is 0.121. The van der Waals surface area contributed by atoms with Crippen molar-refractivity contribution < 1.29 is 4.74 Å². The Labute approximate surface area is 114 Å². The first-order chi connectivity index (χ1) is 9.06. The van der Waals surface area contributed by atoms with Crippen LogP contribution in [-0.4, -0.2) is 36.3 Å². The number of anilines is 2. The number of nitrogen functional groups attached to an aromatic ring is 1. The molecule has 1 aliphatic rings. The smallest absolute Gasteiger partial charge is 0.148 e. The van der Waals surface area contributed by atoms with E-state index in [-0.39, 0.29) is 12.0 Å². The minimum atomic E-state index is 0.271. The number of aromatic nitrogens is 2. The standard InChI is InChI=1S/C13H23N5O/c1-8(2)11-15-12(17-14)9(3)13(16-11)18-6-5-10(7-18)19-4/h8,10H,5-7,14H2,1-4H3,(H,15,16,17). The number of nitrogens with zero attached hydrogens (tertiary/aromatic N) is 3. The Morgan fingerprint density at radius 2 is 2.16 bits per heavy atom. The second-order valence-electron chi connectivity index (χ2n) is 5.27. The molecule has 1 unspecified atom stereocenters. The molecule has 19 heavy (non-hydrogen) atoms. The quantitative estimate of drug-likeness (QED) is 0.633. The molecule has 1 fully saturated rings. The van der Waals surface area contributed by atoms with Crippen molar-refractivity contribution in [3.05, 3.63) is 11.4 Å². The molecule has 2 rings (SSSR count). The maximum atomic E-state index is 5.56. The average molecular weight is 265 g/mol. The molecule has 1 aliphatic heterocycles. The zero-order chi connectivity index (χ0) is 14.0. The van der Waals surface area contributed by atoms with Crippen molar-refractivity contribution in [1.82, 2.24) is 9.97 Å². The monoisotopic (exact) mass is 265 g/mol. The summed E-state index contributed by atoms with van der Waals surface area (Å²) in [5.41, 5.74) is 3.66. The Bertz CT molecular complexity index is 449. The third-order valence-electron chi connectivity index (χ3n) is 3.57. The van der Waals surface area contributed by atoms with Gasteiger partial charge >= 0.3 is 0 Å². The van der Waals surface area contributed by atoms with Crippen LogP contribution in [0.2, 0.25) is 0 Å². The van der Waals surface area contributed by atoms with Gasteiger partial charge in [-0.2, -0.15) is 0 Å². The van der Waals surface area contributed by atoms with E-state index in [1.165, 1.54) is 0 Å². The van der Waals surface area contributed by atoms with Crippen molar-refractivity contribution in [3.8, 4) is 0 Å². The van der Waals surface area contributed by atoms with Crippen LogP contribution >= 0.6 is 0 Å². The van der Waals surface area contributed by atoms with Gasteiger partial charge < -0.3 is 15.1 Å². The van der Waals surface area contributed by atoms with Crippen LogP contribution < -0.4 is 16.2 Å². The van der Waals surface area contributed by atoms with Crippen molar-refractivity contribution in [2.45, 2.75) is 39.2 Å². The minimum Gasteiger partial charge on any atom is -0.380 e. The molecule has 0 saturated carbocycles. The summed E-state index contributed by atoms with van der Waals surface area (Å²) in [6, 6.07) is 0. The lowest BCUT2D eigenvalue weighted by Gasteiger charge is -2.22. The van der Waals surface area contributed by atoms with Gasteiger partial charge in [0, 0.05) is 31.7 Å². The fraction of sp³-hybridized carbons (Fsp3) is 0.692. The third-order valence-corrected chi connectivity index (χ3v) is 3.57. The number of rotatable bonds is 4. The van der Waals surface area contributed by atoms with Crippen LogP contribution in [-0.2, 0) is 4.74 Å². The molecule has 0 bridgehead atoms. The van der Waals surface area contributed by atoms with Crippen LogP contribution in [0.25, 0.3) is 0 Å². The second kappa shape index (κ2) is 5.71. The fourth-order valence-corrected chi connectivity index (χ4v) is 2.34. The van der Waals surface area contributed by atoms with E-state index in [0.717, 1.165) is 36.7 Å². The van der Waals surface area contributed by atoms with Crippen LogP contribution in [0.1, 0.15) is 37.6 Å². The maximum Gasteiger partial charge on any atom is 0.148 e. The second-order valence-corrected chi connectivity index (χ2v) is 5.27. The number of hydrogen-bond donors (Lipinski definition) is 2. The summed E-state index contributed by atoms with van der Waals surface area (Å²) in [7, 11) is 1.76. The van der Waals surface area contributed by atoms with Crippen LogP contribution in [0.15, 0.2) is 0 Å². The first kappa shape index (κ1) is 14.0. The Morgan fingerprint density at radius 3 is 2.68 bits per heavy atom.